The molecular weight excluding hydrogens is 388 g/mol. The number of halogens is 1. The van der Waals surface area contributed by atoms with E-state index in [4.69, 9.17) is 15.2 Å². The fourth-order valence-corrected chi connectivity index (χ4v) is 3.62. The molecule has 0 aliphatic heterocycles. The van der Waals surface area contributed by atoms with Crippen LogP contribution in [0.4, 0.5) is 5.69 Å². The lowest BCUT2D eigenvalue weighted by atomic mass is 10.2. The lowest BCUT2D eigenvalue weighted by Gasteiger charge is -2.07. The third kappa shape index (κ3) is 3.77. The number of benzene rings is 2. The lowest BCUT2D eigenvalue weighted by Crippen LogP contribution is -1.99. The second kappa shape index (κ2) is 7.34. The van der Waals surface area contributed by atoms with Crippen LogP contribution >= 0.6 is 27.3 Å². The summed E-state index contributed by atoms with van der Waals surface area (Å²) in [6.07, 6.45) is 4.03. The average molecular weight is 405 g/mol. The first-order valence-corrected chi connectivity index (χ1v) is 8.94. The predicted molar refractivity (Wildman–Crippen MR) is 104 cm³/mol. The molecule has 0 spiro atoms. The molecule has 3 rings (SSSR count). The average Bonchev–Trinajstić information content (AvgIpc) is 2.94. The van der Waals surface area contributed by atoms with Gasteiger partial charge in [0.25, 0.3) is 0 Å². The van der Waals surface area contributed by atoms with Gasteiger partial charge in [-0.2, -0.15) is 0 Å². The number of thiazole rings is 1. The van der Waals surface area contributed by atoms with Gasteiger partial charge < -0.3 is 15.2 Å². The molecule has 1 aromatic heterocycles. The van der Waals surface area contributed by atoms with Crippen LogP contribution in [0.25, 0.3) is 22.4 Å². The van der Waals surface area contributed by atoms with E-state index in [9.17, 15) is 0 Å². The van der Waals surface area contributed by atoms with E-state index < -0.39 is 0 Å². The number of rotatable bonds is 5. The van der Waals surface area contributed by atoms with Crippen molar-refractivity contribution in [3.63, 3.8) is 0 Å². The summed E-state index contributed by atoms with van der Waals surface area (Å²) in [7, 11) is 1.60. The van der Waals surface area contributed by atoms with E-state index in [1.165, 1.54) is 0 Å². The number of aromatic nitrogens is 1. The van der Waals surface area contributed by atoms with Crippen molar-refractivity contribution >= 4 is 55.3 Å². The van der Waals surface area contributed by atoms with Crippen LogP contribution in [-0.2, 0) is 4.74 Å². The highest BCUT2D eigenvalue weighted by Gasteiger charge is 2.05. The van der Waals surface area contributed by atoms with E-state index in [-0.39, 0.29) is 6.79 Å². The maximum atomic E-state index is 5.96. The molecule has 0 saturated heterocycles. The summed E-state index contributed by atoms with van der Waals surface area (Å²) in [5.74, 6) is 0.750. The maximum Gasteiger partial charge on any atom is 0.188 e. The predicted octanol–water partition coefficient (Wildman–Crippen LogP) is 5.10. The number of aryl methyl sites for hydroxylation is 1. The minimum atomic E-state index is 0.224. The van der Waals surface area contributed by atoms with Crippen molar-refractivity contribution in [2.75, 3.05) is 19.6 Å². The highest BCUT2D eigenvalue weighted by molar-refractivity contribution is 9.10. The topological polar surface area (TPSA) is 57.4 Å². The molecule has 0 amide bonds. The number of hydrogen-bond acceptors (Lipinski definition) is 5. The molecule has 0 unspecified atom stereocenters. The van der Waals surface area contributed by atoms with E-state index >= 15 is 0 Å². The standard InChI is InChI=1S/C18H17BrN2O2S/c1-11-7-15-17(9-14(11)20)24-18(21-15)6-4-12-3-5-16(13(19)8-12)23-10-22-2/h3-9H,10,20H2,1-2H3. The summed E-state index contributed by atoms with van der Waals surface area (Å²) in [5.41, 5.74) is 9.86. The number of anilines is 1. The van der Waals surface area contributed by atoms with Gasteiger partial charge >= 0.3 is 0 Å². The molecule has 0 fully saturated rings. The van der Waals surface area contributed by atoms with E-state index in [1.54, 1.807) is 18.4 Å². The summed E-state index contributed by atoms with van der Waals surface area (Å²) in [4.78, 5) is 4.63. The van der Waals surface area contributed by atoms with Crippen LogP contribution in [0.2, 0.25) is 0 Å². The van der Waals surface area contributed by atoms with Crippen molar-refractivity contribution in [2.45, 2.75) is 6.92 Å². The molecule has 0 bridgehead atoms. The number of fused-ring (bicyclic) bond motifs is 1. The Kier molecular flexibility index (Phi) is 5.18. The number of methoxy groups -OCH3 is 1. The number of nitrogen functional groups attached to an aromatic ring is 1. The van der Waals surface area contributed by atoms with Crippen molar-refractivity contribution < 1.29 is 9.47 Å². The van der Waals surface area contributed by atoms with E-state index in [0.717, 1.165) is 42.3 Å². The minimum absolute atomic E-state index is 0.224. The third-order valence-corrected chi connectivity index (χ3v) is 5.10. The molecular formula is C18H17BrN2O2S. The van der Waals surface area contributed by atoms with Gasteiger partial charge in [0.2, 0.25) is 0 Å². The fourth-order valence-electron chi connectivity index (χ4n) is 2.21. The number of nitrogens with zero attached hydrogens (tertiary/aromatic N) is 1. The van der Waals surface area contributed by atoms with Crippen LogP contribution in [0, 0.1) is 6.92 Å². The van der Waals surface area contributed by atoms with E-state index in [0.29, 0.717) is 0 Å². The van der Waals surface area contributed by atoms with Crippen molar-refractivity contribution in [1.29, 1.82) is 0 Å². The zero-order valence-electron chi connectivity index (χ0n) is 13.4. The Morgan fingerprint density at radius 3 is 2.83 bits per heavy atom. The van der Waals surface area contributed by atoms with E-state index in [2.05, 4.69) is 20.9 Å². The molecule has 124 valence electrons. The fraction of sp³-hybridized carbons (Fsp3) is 0.167. The summed E-state index contributed by atoms with van der Waals surface area (Å²) in [6.45, 7) is 2.22. The van der Waals surface area contributed by atoms with Crippen LogP contribution in [0.3, 0.4) is 0 Å². The van der Waals surface area contributed by atoms with Gasteiger partial charge in [0.05, 0.1) is 14.7 Å². The van der Waals surface area contributed by atoms with Gasteiger partial charge in [-0.1, -0.05) is 12.1 Å². The second-order valence-corrected chi connectivity index (χ2v) is 7.22. The Morgan fingerprint density at radius 2 is 2.08 bits per heavy atom. The van der Waals surface area contributed by atoms with Crippen LogP contribution in [0.1, 0.15) is 16.1 Å². The summed E-state index contributed by atoms with van der Waals surface area (Å²) < 4.78 is 12.3. The van der Waals surface area contributed by atoms with Crippen LogP contribution in [0.5, 0.6) is 5.75 Å². The van der Waals surface area contributed by atoms with Crippen LogP contribution in [-0.4, -0.2) is 18.9 Å². The molecule has 24 heavy (non-hydrogen) atoms. The van der Waals surface area contributed by atoms with Gasteiger partial charge in [0.1, 0.15) is 10.8 Å². The van der Waals surface area contributed by atoms with Gasteiger partial charge in [-0.15, -0.1) is 11.3 Å². The SMILES string of the molecule is COCOc1ccc(C=Cc2nc3cc(C)c(N)cc3s2)cc1Br. The van der Waals surface area contributed by atoms with Crippen molar-refractivity contribution in [3.8, 4) is 5.75 Å². The normalized spacial score (nSPS) is 11.5. The van der Waals surface area contributed by atoms with Gasteiger partial charge in [-0.05, 0) is 64.3 Å². The van der Waals surface area contributed by atoms with Gasteiger partial charge in [-0.3, -0.25) is 0 Å². The van der Waals surface area contributed by atoms with Gasteiger partial charge in [0.15, 0.2) is 6.79 Å². The first kappa shape index (κ1) is 17.0. The number of nitrogens with two attached hydrogens (primary N) is 1. The summed E-state index contributed by atoms with van der Waals surface area (Å²) in [5, 5.41) is 0.950. The zero-order chi connectivity index (χ0) is 17.1. The monoisotopic (exact) mass is 404 g/mol. The molecule has 0 atom stereocenters. The Morgan fingerprint density at radius 1 is 1.25 bits per heavy atom. The maximum absolute atomic E-state index is 5.96. The largest absolute Gasteiger partial charge is 0.466 e. The molecule has 2 aromatic carbocycles. The summed E-state index contributed by atoms with van der Waals surface area (Å²) in [6, 6.07) is 9.90. The quantitative estimate of drug-likeness (QED) is 0.474. The Hall–Kier alpha value is -1.89. The number of ether oxygens (including phenoxy) is 2. The van der Waals surface area contributed by atoms with Gasteiger partial charge in [-0.25, -0.2) is 4.98 Å². The number of hydrogen-bond donors (Lipinski definition) is 1. The first-order chi connectivity index (χ1) is 11.6. The first-order valence-electron chi connectivity index (χ1n) is 7.33. The third-order valence-electron chi connectivity index (χ3n) is 3.50. The van der Waals surface area contributed by atoms with Crippen molar-refractivity contribution in [2.24, 2.45) is 0 Å². The Labute approximate surface area is 153 Å². The molecule has 1 heterocycles. The van der Waals surface area contributed by atoms with Crippen molar-refractivity contribution in [1.82, 2.24) is 4.98 Å². The molecule has 2 N–H and O–H groups in total. The molecule has 0 aliphatic rings. The minimum Gasteiger partial charge on any atom is -0.466 e. The molecule has 0 radical (unpaired) electrons. The highest BCUT2D eigenvalue weighted by Crippen LogP contribution is 2.29. The molecule has 0 aliphatic carbocycles. The van der Waals surface area contributed by atoms with E-state index in [1.807, 2.05) is 49.4 Å². The summed E-state index contributed by atoms with van der Waals surface area (Å²) >= 11 is 5.13. The van der Waals surface area contributed by atoms with Crippen LogP contribution < -0.4 is 10.5 Å². The molecule has 3 aromatic rings. The zero-order valence-corrected chi connectivity index (χ0v) is 15.8. The molecule has 0 saturated carbocycles. The molecule has 4 nitrogen and oxygen atoms in total. The lowest BCUT2D eigenvalue weighted by molar-refractivity contribution is 0.0506. The Balaban J connectivity index is 1.81. The highest BCUT2D eigenvalue weighted by atomic mass is 79.9. The molecule has 6 heteroatoms. The van der Waals surface area contributed by atoms with Crippen molar-refractivity contribution in [3.05, 3.63) is 50.9 Å². The Bertz CT molecular complexity index is 866. The second-order valence-electron chi connectivity index (χ2n) is 5.30. The van der Waals surface area contributed by atoms with Crippen LogP contribution in [0.15, 0.2) is 34.8 Å². The van der Waals surface area contributed by atoms with Gasteiger partial charge in [0, 0.05) is 12.8 Å². The smallest absolute Gasteiger partial charge is 0.188 e.